The van der Waals surface area contributed by atoms with Crippen LogP contribution in [0.5, 0.6) is 0 Å². The summed E-state index contributed by atoms with van der Waals surface area (Å²) in [6.45, 7) is 6.83. The van der Waals surface area contributed by atoms with Crippen LogP contribution in [-0.2, 0) is 10.8 Å². The fourth-order valence-electron chi connectivity index (χ4n) is 6.71. The first-order valence-corrected chi connectivity index (χ1v) is 12.9. The fraction of sp³-hybridized carbons (Fsp3) is 0.147. The van der Waals surface area contributed by atoms with E-state index in [4.69, 9.17) is 15.0 Å². The maximum absolute atomic E-state index is 4.91. The van der Waals surface area contributed by atoms with Crippen molar-refractivity contribution in [1.29, 1.82) is 0 Å². The largest absolute Gasteiger partial charge is 0.256 e. The predicted molar refractivity (Wildman–Crippen MR) is 150 cm³/mol. The smallest absolute Gasteiger partial charge is 0.116 e. The van der Waals surface area contributed by atoms with E-state index < -0.39 is 5.41 Å². The molecule has 1 spiro atoms. The van der Waals surface area contributed by atoms with Gasteiger partial charge in [-0.2, -0.15) is 0 Å². The van der Waals surface area contributed by atoms with Crippen LogP contribution in [0, 0.1) is 0 Å². The molecule has 2 aliphatic rings. The van der Waals surface area contributed by atoms with E-state index in [1.807, 2.05) is 12.3 Å². The maximum atomic E-state index is 4.91. The minimum Gasteiger partial charge on any atom is -0.256 e. The Morgan fingerprint density at radius 1 is 0.595 bits per heavy atom. The van der Waals surface area contributed by atoms with Gasteiger partial charge in [-0.25, -0.2) is 9.97 Å². The van der Waals surface area contributed by atoms with Crippen LogP contribution in [0.25, 0.3) is 44.2 Å². The molecule has 2 heterocycles. The monoisotopic (exact) mass is 475 g/mol. The molecule has 37 heavy (non-hydrogen) atoms. The van der Waals surface area contributed by atoms with Crippen molar-refractivity contribution in [3.05, 3.63) is 125 Å². The van der Waals surface area contributed by atoms with Crippen LogP contribution in [0.2, 0.25) is 0 Å². The van der Waals surface area contributed by atoms with Crippen molar-refractivity contribution in [2.24, 2.45) is 0 Å². The third-order valence-corrected chi connectivity index (χ3v) is 8.36. The molecule has 0 saturated heterocycles. The highest BCUT2D eigenvalue weighted by molar-refractivity contribution is 6.06. The summed E-state index contributed by atoms with van der Waals surface area (Å²) in [4.78, 5) is 14.5. The summed E-state index contributed by atoms with van der Waals surface area (Å²) >= 11 is 0. The standard InChI is InChI=1S/C34H25N3/c1-33(2,3)21-16-28-31-30(17-21)36-19-37-32(31)24-15-20-9-8-14-35-29(20)18-27(24)34(28)25-12-6-4-10-22(25)23-11-5-7-13-26(23)34/h4-19H,1-3H3. The van der Waals surface area contributed by atoms with Gasteiger partial charge in [0.25, 0.3) is 0 Å². The molecule has 2 aliphatic carbocycles. The first-order chi connectivity index (χ1) is 18.0. The molecule has 0 amide bonds. The molecule has 8 rings (SSSR count). The van der Waals surface area contributed by atoms with Gasteiger partial charge in [0.2, 0.25) is 0 Å². The normalized spacial score (nSPS) is 14.6. The maximum Gasteiger partial charge on any atom is 0.116 e. The van der Waals surface area contributed by atoms with Crippen molar-refractivity contribution in [1.82, 2.24) is 15.0 Å². The van der Waals surface area contributed by atoms with Gasteiger partial charge >= 0.3 is 0 Å². The van der Waals surface area contributed by atoms with Gasteiger partial charge in [0.1, 0.15) is 6.33 Å². The number of rotatable bonds is 0. The van der Waals surface area contributed by atoms with E-state index in [2.05, 4.69) is 99.6 Å². The molecule has 2 aromatic heterocycles. The lowest BCUT2D eigenvalue weighted by Crippen LogP contribution is -2.33. The van der Waals surface area contributed by atoms with E-state index in [-0.39, 0.29) is 5.41 Å². The van der Waals surface area contributed by atoms with Crippen molar-refractivity contribution in [3.8, 4) is 22.4 Å². The average Bonchev–Trinajstić information content (AvgIpc) is 3.21. The van der Waals surface area contributed by atoms with Crippen molar-refractivity contribution in [2.45, 2.75) is 31.6 Å². The number of fused-ring (bicyclic) bond motifs is 10. The van der Waals surface area contributed by atoms with Gasteiger partial charge in [0, 0.05) is 22.5 Å². The summed E-state index contributed by atoms with van der Waals surface area (Å²) in [6, 6.07) is 31.2. The van der Waals surface area contributed by atoms with Gasteiger partial charge in [-0.1, -0.05) is 81.4 Å². The molecule has 0 unspecified atom stereocenters. The zero-order valence-corrected chi connectivity index (χ0v) is 21.1. The Hall–Kier alpha value is -4.37. The zero-order chi connectivity index (χ0) is 24.9. The molecule has 4 aromatic carbocycles. The molecule has 0 bridgehead atoms. The number of nitrogens with zero attached hydrogens (tertiary/aromatic N) is 3. The summed E-state index contributed by atoms with van der Waals surface area (Å²) in [6.07, 6.45) is 3.61. The van der Waals surface area contributed by atoms with Crippen LogP contribution in [0.1, 0.15) is 48.6 Å². The minimum atomic E-state index is -0.481. The molecule has 0 radical (unpaired) electrons. The van der Waals surface area contributed by atoms with Gasteiger partial charge < -0.3 is 0 Å². The van der Waals surface area contributed by atoms with Gasteiger partial charge in [-0.05, 0) is 68.6 Å². The number of hydrogen-bond donors (Lipinski definition) is 0. The van der Waals surface area contributed by atoms with E-state index in [1.165, 1.54) is 38.9 Å². The summed E-state index contributed by atoms with van der Waals surface area (Å²) in [5, 5.41) is 2.27. The Morgan fingerprint density at radius 3 is 2.05 bits per heavy atom. The van der Waals surface area contributed by atoms with E-state index in [9.17, 15) is 0 Å². The molecule has 176 valence electrons. The van der Waals surface area contributed by atoms with Gasteiger partial charge in [-0.15, -0.1) is 0 Å². The van der Waals surface area contributed by atoms with E-state index in [0.29, 0.717) is 0 Å². The minimum absolute atomic E-state index is 0.0279. The summed E-state index contributed by atoms with van der Waals surface area (Å²) in [5.41, 5.74) is 12.7. The Bertz CT molecular complexity index is 1880. The third-order valence-electron chi connectivity index (χ3n) is 8.36. The molecule has 0 saturated carbocycles. The Labute approximate surface area is 215 Å². The lowest BCUT2D eigenvalue weighted by molar-refractivity contribution is 0.588. The van der Waals surface area contributed by atoms with Crippen LogP contribution in [0.3, 0.4) is 0 Å². The quantitative estimate of drug-likeness (QED) is 0.224. The van der Waals surface area contributed by atoms with Gasteiger partial charge in [0.05, 0.1) is 22.1 Å². The molecular formula is C34H25N3. The van der Waals surface area contributed by atoms with Crippen LogP contribution < -0.4 is 0 Å². The van der Waals surface area contributed by atoms with Crippen LogP contribution >= 0.6 is 0 Å². The van der Waals surface area contributed by atoms with Gasteiger partial charge in [0.15, 0.2) is 0 Å². The second kappa shape index (κ2) is 6.89. The highest BCUT2D eigenvalue weighted by Gasteiger charge is 2.51. The number of benzene rings is 4. The molecule has 3 nitrogen and oxygen atoms in total. The summed E-state index contributed by atoms with van der Waals surface area (Å²) < 4.78 is 0. The third kappa shape index (κ3) is 2.54. The van der Waals surface area contributed by atoms with Crippen molar-refractivity contribution in [3.63, 3.8) is 0 Å². The van der Waals surface area contributed by atoms with Crippen LogP contribution in [0.4, 0.5) is 0 Å². The molecular weight excluding hydrogens is 450 g/mol. The van der Waals surface area contributed by atoms with Crippen LogP contribution in [-0.4, -0.2) is 15.0 Å². The second-order valence-corrected chi connectivity index (χ2v) is 11.3. The lowest BCUT2D eigenvalue weighted by atomic mass is 9.61. The molecule has 6 aromatic rings. The molecule has 3 heteroatoms. The first-order valence-electron chi connectivity index (χ1n) is 12.9. The van der Waals surface area contributed by atoms with E-state index in [1.54, 1.807) is 6.33 Å². The topological polar surface area (TPSA) is 38.7 Å². The lowest BCUT2D eigenvalue weighted by Gasteiger charge is -2.40. The van der Waals surface area contributed by atoms with Crippen LogP contribution in [0.15, 0.2) is 97.5 Å². The fourth-order valence-corrected chi connectivity index (χ4v) is 6.71. The average molecular weight is 476 g/mol. The highest BCUT2D eigenvalue weighted by Crippen LogP contribution is 2.62. The summed E-state index contributed by atoms with van der Waals surface area (Å²) in [5.74, 6) is 0. The molecule has 0 aliphatic heterocycles. The van der Waals surface area contributed by atoms with Crippen molar-refractivity contribution in [2.75, 3.05) is 0 Å². The van der Waals surface area contributed by atoms with Gasteiger partial charge in [-0.3, -0.25) is 4.98 Å². The molecule has 0 N–H and O–H groups in total. The first kappa shape index (κ1) is 20.8. The number of aromatic nitrogens is 3. The van der Waals surface area contributed by atoms with Crippen molar-refractivity contribution < 1.29 is 0 Å². The van der Waals surface area contributed by atoms with E-state index >= 15 is 0 Å². The number of hydrogen-bond acceptors (Lipinski definition) is 3. The zero-order valence-electron chi connectivity index (χ0n) is 21.1. The highest BCUT2D eigenvalue weighted by atomic mass is 14.8. The molecule has 0 fully saturated rings. The summed E-state index contributed by atoms with van der Waals surface area (Å²) in [7, 11) is 0. The molecule has 0 atom stereocenters. The Kier molecular flexibility index (Phi) is 3.87. The number of pyridine rings is 1. The predicted octanol–water partition coefficient (Wildman–Crippen LogP) is 7.82. The Balaban J connectivity index is 1.67. The second-order valence-electron chi connectivity index (χ2n) is 11.3. The van der Waals surface area contributed by atoms with Crippen molar-refractivity contribution >= 4 is 21.8 Å². The Morgan fingerprint density at radius 2 is 1.32 bits per heavy atom. The van der Waals surface area contributed by atoms with E-state index in [0.717, 1.165) is 33.1 Å². The SMILES string of the molecule is CC(C)(C)c1cc2c3c(ncnc3c1)-c1cc3cccnc3cc1C21c2ccccc2-c2ccccc21.